The molecule has 4 aromatic rings. The number of hydrogen-bond donors (Lipinski definition) is 0. The molecular weight excluding hydrogens is 1010 g/mol. The van der Waals surface area contributed by atoms with Crippen LogP contribution in [-0.4, -0.2) is 111 Å². The average molecular weight is 1070 g/mol. The smallest absolute Gasteiger partial charge is 0.330 e. The zero-order valence-electron chi connectivity index (χ0n) is 42.1. The monoisotopic (exact) mass is 1070 g/mol. The van der Waals surface area contributed by atoms with E-state index in [1.165, 1.54) is 29.5 Å². The third kappa shape index (κ3) is 16.7. The van der Waals surface area contributed by atoms with E-state index in [0.717, 1.165) is 25.0 Å². The van der Waals surface area contributed by atoms with E-state index in [2.05, 4.69) is 13.2 Å². The molecule has 0 amide bonds. The number of esters is 6. The molecule has 1 aromatic heterocycles. The number of ether oxygens (including phenoxy) is 10. The van der Waals surface area contributed by atoms with Crippen molar-refractivity contribution in [1.82, 2.24) is 4.98 Å². The predicted octanol–water partition coefficient (Wildman–Crippen LogP) is 8.64. The molecule has 3 aliphatic rings. The lowest BCUT2D eigenvalue weighted by Crippen LogP contribution is -2.33. The van der Waals surface area contributed by atoms with E-state index >= 15 is 0 Å². The fraction of sp³-hybridized carbons (Fsp3) is 0.473. The van der Waals surface area contributed by atoms with Crippen LogP contribution in [0.15, 0.2) is 86.0 Å². The molecule has 76 heavy (non-hydrogen) atoms. The van der Waals surface area contributed by atoms with Crippen LogP contribution in [-0.2, 0) is 57.2 Å². The molecule has 7 rings (SSSR count). The van der Waals surface area contributed by atoms with Crippen molar-refractivity contribution in [2.24, 2.45) is 23.7 Å². The van der Waals surface area contributed by atoms with Crippen molar-refractivity contribution in [3.05, 3.63) is 96.1 Å². The molecule has 0 radical (unpaired) electrons. The number of thiazole rings is 1. The fourth-order valence-corrected chi connectivity index (χ4v) is 10.1. The lowest BCUT2D eigenvalue weighted by atomic mass is 9.82. The van der Waals surface area contributed by atoms with Gasteiger partial charge in [-0.1, -0.05) is 13.2 Å². The summed E-state index contributed by atoms with van der Waals surface area (Å²) >= 11 is 1.18. The summed E-state index contributed by atoms with van der Waals surface area (Å²) in [4.78, 5) is 91.7. The van der Waals surface area contributed by atoms with Crippen molar-refractivity contribution in [1.29, 1.82) is 0 Å². The Morgan fingerprint density at radius 1 is 0.553 bits per heavy atom. The van der Waals surface area contributed by atoms with Crippen LogP contribution in [0.4, 0.5) is 5.69 Å². The highest BCUT2D eigenvalue weighted by Gasteiger charge is 2.36. The summed E-state index contributed by atoms with van der Waals surface area (Å²) in [6.45, 7) is 8.71. The Morgan fingerprint density at radius 3 is 1.58 bits per heavy atom. The van der Waals surface area contributed by atoms with Crippen molar-refractivity contribution in [2.45, 2.75) is 89.3 Å². The first kappa shape index (κ1) is 56.7. The molecule has 1 heterocycles. The topological polar surface area (TPSA) is 251 Å². The van der Waals surface area contributed by atoms with Gasteiger partial charge >= 0.3 is 35.8 Å². The van der Waals surface area contributed by atoms with Crippen LogP contribution >= 0.6 is 11.3 Å². The number of nitrogens with zero attached hydrogens (tertiary/aromatic N) is 2. The summed E-state index contributed by atoms with van der Waals surface area (Å²) in [7, 11) is 0. The summed E-state index contributed by atoms with van der Waals surface area (Å²) in [5, 5.41) is 11.8. The standard InChI is InChI=1S/C55H62N2O18S/c1-3-47(58)70-33-29-66-27-31-68-41-17-21-43(22-18-41)72-52(60)36-5-9-38(10-6-36)54(62)74-45-25-26-46(50-49(45)56-51(76-50)35-13-15-40(16-14-35)57(64)65)75-55(63)39-11-7-37(8-12-39)53(61)73-44-23-19-42(20-24-44)69-32-28-67-30-34-71-48(59)4-2/h3-4,13-16,19-20,23-26,36-39,41,43H,1-2,5-12,17-18,21-22,27-34H2. The van der Waals surface area contributed by atoms with Crippen LogP contribution in [0, 0.1) is 33.8 Å². The molecule has 3 fully saturated rings. The zero-order chi connectivity index (χ0) is 53.8. The third-order valence-electron chi connectivity index (χ3n) is 13.3. The van der Waals surface area contributed by atoms with Crippen molar-refractivity contribution in [3.63, 3.8) is 0 Å². The van der Waals surface area contributed by atoms with Gasteiger partial charge in [-0.2, -0.15) is 0 Å². The first-order chi connectivity index (χ1) is 36.9. The van der Waals surface area contributed by atoms with Crippen LogP contribution in [0.3, 0.4) is 0 Å². The van der Waals surface area contributed by atoms with Crippen molar-refractivity contribution < 1.29 is 81.1 Å². The van der Waals surface area contributed by atoms with Gasteiger partial charge in [0.15, 0.2) is 11.5 Å². The molecule has 0 spiro atoms. The maximum Gasteiger partial charge on any atom is 0.330 e. The van der Waals surface area contributed by atoms with E-state index in [1.807, 2.05) is 0 Å². The molecule has 0 atom stereocenters. The van der Waals surface area contributed by atoms with Crippen LogP contribution in [0.2, 0.25) is 0 Å². The molecule has 3 aliphatic carbocycles. The molecule has 0 bridgehead atoms. The first-order valence-electron chi connectivity index (χ1n) is 25.5. The van der Waals surface area contributed by atoms with E-state index in [4.69, 9.17) is 52.4 Å². The molecule has 21 heteroatoms. The van der Waals surface area contributed by atoms with Gasteiger partial charge in [0.05, 0.1) is 67.7 Å². The van der Waals surface area contributed by atoms with Gasteiger partial charge in [0.25, 0.3) is 5.69 Å². The summed E-state index contributed by atoms with van der Waals surface area (Å²) in [5.41, 5.74) is 0.738. The minimum absolute atomic E-state index is 0.0384. The Balaban J connectivity index is 0.873. The highest BCUT2D eigenvalue weighted by atomic mass is 32.1. The SMILES string of the molecule is C=CC(=O)OCCOCCOc1ccc(OC(=O)C2CCC(C(=O)Oc3ccc(OC(=O)C4CCC(C(=O)OC5CCC(OCCOCCOC(=O)C=C)CC5)CC4)c4nc(-c5ccc([N+](=O)[O-])cc5)sc34)CC2)cc1. The second-order valence-electron chi connectivity index (χ2n) is 18.4. The summed E-state index contributed by atoms with van der Waals surface area (Å²) in [5.74, 6) is -3.17. The Bertz CT molecular complexity index is 2650. The molecule has 3 aromatic carbocycles. The first-order valence-corrected chi connectivity index (χ1v) is 26.3. The van der Waals surface area contributed by atoms with Crippen molar-refractivity contribution >= 4 is 63.1 Å². The number of nitro groups is 1. The maximum absolute atomic E-state index is 13.7. The van der Waals surface area contributed by atoms with Crippen LogP contribution in [0.5, 0.6) is 23.0 Å². The molecule has 20 nitrogen and oxygen atoms in total. The number of aromatic nitrogens is 1. The number of hydrogen-bond acceptors (Lipinski definition) is 20. The third-order valence-corrected chi connectivity index (χ3v) is 14.4. The van der Waals surface area contributed by atoms with Gasteiger partial charge in [0.1, 0.15) is 52.6 Å². The van der Waals surface area contributed by atoms with Crippen molar-refractivity contribution in [3.8, 4) is 33.6 Å². The molecule has 0 aliphatic heterocycles. The molecule has 3 saturated carbocycles. The van der Waals surface area contributed by atoms with Gasteiger partial charge in [0, 0.05) is 29.8 Å². The van der Waals surface area contributed by atoms with Crippen LogP contribution in [0.25, 0.3) is 20.8 Å². The molecule has 0 saturated heterocycles. The quantitative estimate of drug-likeness (QED) is 0.0108. The summed E-state index contributed by atoms with van der Waals surface area (Å²) in [6.07, 6.45) is 8.20. The minimum Gasteiger partial charge on any atom is -0.491 e. The van der Waals surface area contributed by atoms with Crippen LogP contribution in [0.1, 0.15) is 77.0 Å². The number of rotatable bonds is 26. The second kappa shape index (κ2) is 28.7. The highest BCUT2D eigenvalue weighted by molar-refractivity contribution is 7.22. The van der Waals surface area contributed by atoms with E-state index in [0.29, 0.717) is 104 Å². The fourth-order valence-electron chi connectivity index (χ4n) is 9.08. The summed E-state index contributed by atoms with van der Waals surface area (Å²) in [6, 6.07) is 15.5. The Kier molecular flexibility index (Phi) is 21.4. The number of benzene rings is 3. The Morgan fingerprint density at radius 2 is 1.03 bits per heavy atom. The van der Waals surface area contributed by atoms with Gasteiger partial charge in [0.2, 0.25) is 0 Å². The summed E-state index contributed by atoms with van der Waals surface area (Å²) < 4.78 is 56.1. The Hall–Kier alpha value is -7.07. The highest BCUT2D eigenvalue weighted by Crippen LogP contribution is 2.43. The Labute approximate surface area is 443 Å². The number of carbonyl (C=O) groups is 6. The van der Waals surface area contributed by atoms with E-state index in [1.54, 1.807) is 42.5 Å². The lowest BCUT2D eigenvalue weighted by molar-refractivity contribution is -0.384. The van der Waals surface area contributed by atoms with Gasteiger partial charge in [-0.3, -0.25) is 29.3 Å². The van der Waals surface area contributed by atoms with Gasteiger partial charge < -0.3 is 47.4 Å². The normalized spacial score (nSPS) is 20.3. The molecular formula is C55H62N2O18S. The molecule has 0 N–H and O–H groups in total. The zero-order valence-corrected chi connectivity index (χ0v) is 42.9. The lowest BCUT2D eigenvalue weighted by Gasteiger charge is -2.31. The minimum atomic E-state index is -0.520. The number of non-ortho nitro benzene ring substituents is 1. The van der Waals surface area contributed by atoms with E-state index in [9.17, 15) is 38.9 Å². The van der Waals surface area contributed by atoms with E-state index in [-0.39, 0.29) is 86.4 Å². The van der Waals surface area contributed by atoms with E-state index < -0.39 is 52.5 Å². The second-order valence-corrected chi connectivity index (χ2v) is 19.4. The average Bonchev–Trinajstić information content (AvgIpc) is 3.91. The maximum atomic E-state index is 13.7. The number of carbonyl (C=O) groups excluding carboxylic acids is 6. The van der Waals surface area contributed by atoms with Gasteiger partial charge in [-0.25, -0.2) is 14.6 Å². The largest absolute Gasteiger partial charge is 0.491 e. The van der Waals surface area contributed by atoms with Gasteiger partial charge in [-0.05, 0) is 126 Å². The number of nitro benzene ring substituents is 1. The van der Waals surface area contributed by atoms with Crippen LogP contribution < -0.4 is 18.9 Å². The molecule has 406 valence electrons. The predicted molar refractivity (Wildman–Crippen MR) is 273 cm³/mol. The van der Waals surface area contributed by atoms with Gasteiger partial charge in [-0.15, -0.1) is 11.3 Å². The number of fused-ring (bicyclic) bond motifs is 1. The van der Waals surface area contributed by atoms with Crippen molar-refractivity contribution in [2.75, 3.05) is 52.9 Å². The molecule has 0 unspecified atom stereocenters.